The quantitative estimate of drug-likeness (QED) is 0.538. The van der Waals surface area contributed by atoms with Crippen molar-refractivity contribution < 1.29 is 9.47 Å². The van der Waals surface area contributed by atoms with Crippen LogP contribution >= 0.6 is 0 Å². The highest BCUT2D eigenvalue weighted by Crippen LogP contribution is 2.36. The molecule has 1 heterocycles. The molecule has 0 fully saturated rings. The fraction of sp³-hybridized carbons (Fsp3) is 0.200. The maximum Gasteiger partial charge on any atom is 0.238 e. The van der Waals surface area contributed by atoms with Gasteiger partial charge in [0.25, 0.3) is 0 Å². The number of para-hydroxylation sites is 1. The van der Waals surface area contributed by atoms with Gasteiger partial charge in [0.05, 0.1) is 5.56 Å². The van der Waals surface area contributed by atoms with Crippen LogP contribution in [0.2, 0.25) is 0 Å². The number of benzene rings is 1. The van der Waals surface area contributed by atoms with Crippen LogP contribution in [-0.4, -0.2) is 6.29 Å². The van der Waals surface area contributed by atoms with Crippen LogP contribution in [0.15, 0.2) is 18.2 Å². The number of terminal acetylenes is 1. The minimum Gasteiger partial charge on any atom is -0.451 e. The SMILES string of the molecule is C#Cc1cccc2c1OC(C)O2. The van der Waals surface area contributed by atoms with E-state index >= 15 is 0 Å². The molecule has 1 aliphatic heterocycles. The van der Waals surface area contributed by atoms with Gasteiger partial charge in [0.2, 0.25) is 6.29 Å². The van der Waals surface area contributed by atoms with Crippen LogP contribution in [-0.2, 0) is 0 Å². The van der Waals surface area contributed by atoms with Gasteiger partial charge in [-0.15, -0.1) is 6.42 Å². The summed E-state index contributed by atoms with van der Waals surface area (Å²) < 4.78 is 10.7. The summed E-state index contributed by atoms with van der Waals surface area (Å²) in [5, 5.41) is 0. The van der Waals surface area contributed by atoms with Crippen molar-refractivity contribution in [2.45, 2.75) is 13.2 Å². The first-order chi connectivity index (χ1) is 5.81. The van der Waals surface area contributed by atoms with E-state index in [1.54, 1.807) is 0 Å². The molecule has 1 aromatic carbocycles. The molecular formula is C10H8O2. The highest BCUT2D eigenvalue weighted by molar-refractivity contribution is 5.54. The molecule has 0 saturated heterocycles. The van der Waals surface area contributed by atoms with Crippen LogP contribution in [0.3, 0.4) is 0 Å². The Balaban J connectivity index is 2.53. The molecule has 0 saturated carbocycles. The van der Waals surface area contributed by atoms with Gasteiger partial charge < -0.3 is 9.47 Å². The smallest absolute Gasteiger partial charge is 0.238 e. The molecule has 0 aliphatic carbocycles. The summed E-state index contributed by atoms with van der Waals surface area (Å²) in [5.74, 6) is 3.96. The highest BCUT2D eigenvalue weighted by atomic mass is 16.7. The summed E-state index contributed by atoms with van der Waals surface area (Å²) >= 11 is 0. The van der Waals surface area contributed by atoms with Gasteiger partial charge in [-0.25, -0.2) is 0 Å². The number of hydrogen-bond donors (Lipinski definition) is 0. The van der Waals surface area contributed by atoms with Crippen LogP contribution in [0.25, 0.3) is 0 Å². The maximum absolute atomic E-state index is 5.36. The van der Waals surface area contributed by atoms with Crippen molar-refractivity contribution in [2.24, 2.45) is 0 Å². The maximum atomic E-state index is 5.36. The summed E-state index contributed by atoms with van der Waals surface area (Å²) in [4.78, 5) is 0. The highest BCUT2D eigenvalue weighted by Gasteiger charge is 2.21. The van der Waals surface area contributed by atoms with E-state index in [9.17, 15) is 0 Å². The molecule has 12 heavy (non-hydrogen) atoms. The second kappa shape index (κ2) is 2.46. The summed E-state index contributed by atoms with van der Waals surface area (Å²) in [6, 6.07) is 5.54. The van der Waals surface area contributed by atoms with Crippen molar-refractivity contribution >= 4 is 0 Å². The number of hydrogen-bond acceptors (Lipinski definition) is 2. The monoisotopic (exact) mass is 160 g/mol. The van der Waals surface area contributed by atoms with Crippen LogP contribution in [0.4, 0.5) is 0 Å². The molecule has 0 amide bonds. The third-order valence-corrected chi connectivity index (χ3v) is 1.71. The summed E-state index contributed by atoms with van der Waals surface area (Å²) in [5.41, 5.74) is 0.747. The molecular weight excluding hydrogens is 152 g/mol. The Labute approximate surface area is 71.1 Å². The predicted octanol–water partition coefficient (Wildman–Crippen LogP) is 1.79. The molecule has 1 aliphatic rings. The van der Waals surface area contributed by atoms with E-state index in [2.05, 4.69) is 5.92 Å². The van der Waals surface area contributed by atoms with Gasteiger partial charge in [-0.1, -0.05) is 12.0 Å². The van der Waals surface area contributed by atoms with Crippen molar-refractivity contribution in [1.29, 1.82) is 0 Å². The van der Waals surface area contributed by atoms with E-state index in [0.717, 1.165) is 11.3 Å². The fourth-order valence-electron chi connectivity index (χ4n) is 1.21. The molecule has 0 radical (unpaired) electrons. The Bertz CT molecular complexity index is 349. The van der Waals surface area contributed by atoms with Crippen LogP contribution in [0.1, 0.15) is 12.5 Å². The van der Waals surface area contributed by atoms with Gasteiger partial charge in [0.15, 0.2) is 11.5 Å². The number of ether oxygens (including phenoxy) is 2. The molecule has 2 heteroatoms. The predicted molar refractivity (Wildman–Crippen MR) is 45.1 cm³/mol. The van der Waals surface area contributed by atoms with E-state index in [-0.39, 0.29) is 6.29 Å². The molecule has 0 N–H and O–H groups in total. The molecule has 1 unspecified atom stereocenters. The molecule has 0 bridgehead atoms. The topological polar surface area (TPSA) is 18.5 Å². The minimum absolute atomic E-state index is 0.227. The lowest BCUT2D eigenvalue weighted by atomic mass is 10.2. The molecule has 60 valence electrons. The zero-order valence-corrected chi connectivity index (χ0v) is 6.70. The number of fused-ring (bicyclic) bond motifs is 1. The average molecular weight is 160 g/mol. The van der Waals surface area contributed by atoms with Crippen molar-refractivity contribution in [3.8, 4) is 23.8 Å². The van der Waals surface area contributed by atoms with Gasteiger partial charge in [-0.05, 0) is 12.1 Å². The molecule has 1 aromatic rings. The zero-order chi connectivity index (χ0) is 8.55. The van der Waals surface area contributed by atoms with E-state index in [1.165, 1.54) is 0 Å². The zero-order valence-electron chi connectivity index (χ0n) is 6.70. The lowest BCUT2D eigenvalue weighted by molar-refractivity contribution is 0.0677. The Kier molecular flexibility index (Phi) is 1.44. The van der Waals surface area contributed by atoms with Crippen molar-refractivity contribution in [1.82, 2.24) is 0 Å². The molecule has 1 atom stereocenters. The lowest BCUT2D eigenvalue weighted by Gasteiger charge is -2.00. The minimum atomic E-state index is -0.227. The van der Waals surface area contributed by atoms with Gasteiger partial charge in [-0.2, -0.15) is 0 Å². The first-order valence-electron chi connectivity index (χ1n) is 3.74. The Morgan fingerprint density at radius 2 is 2.25 bits per heavy atom. The van der Waals surface area contributed by atoms with Crippen molar-refractivity contribution in [3.63, 3.8) is 0 Å². The second-order valence-corrected chi connectivity index (χ2v) is 2.58. The molecule has 2 nitrogen and oxygen atoms in total. The summed E-state index contributed by atoms with van der Waals surface area (Å²) in [6.45, 7) is 1.83. The average Bonchev–Trinajstić information content (AvgIpc) is 2.44. The summed E-state index contributed by atoms with van der Waals surface area (Å²) in [7, 11) is 0. The largest absolute Gasteiger partial charge is 0.451 e. The fourth-order valence-corrected chi connectivity index (χ4v) is 1.21. The normalized spacial score (nSPS) is 18.8. The third-order valence-electron chi connectivity index (χ3n) is 1.71. The van der Waals surface area contributed by atoms with Gasteiger partial charge in [0.1, 0.15) is 0 Å². The molecule has 2 rings (SSSR count). The molecule has 0 spiro atoms. The second-order valence-electron chi connectivity index (χ2n) is 2.58. The van der Waals surface area contributed by atoms with E-state index in [1.807, 2.05) is 25.1 Å². The first-order valence-corrected chi connectivity index (χ1v) is 3.74. The third kappa shape index (κ3) is 0.911. The molecule has 0 aromatic heterocycles. The lowest BCUT2D eigenvalue weighted by Crippen LogP contribution is -2.11. The Hall–Kier alpha value is -1.62. The van der Waals surface area contributed by atoms with Crippen molar-refractivity contribution in [3.05, 3.63) is 23.8 Å². The van der Waals surface area contributed by atoms with Crippen LogP contribution in [0.5, 0.6) is 11.5 Å². The van der Waals surface area contributed by atoms with Crippen molar-refractivity contribution in [2.75, 3.05) is 0 Å². The van der Waals surface area contributed by atoms with E-state index in [0.29, 0.717) is 5.75 Å². The number of rotatable bonds is 0. The van der Waals surface area contributed by atoms with Gasteiger partial charge in [0, 0.05) is 6.92 Å². The Morgan fingerprint density at radius 3 is 3.00 bits per heavy atom. The van der Waals surface area contributed by atoms with Crippen LogP contribution in [0, 0.1) is 12.3 Å². The standard InChI is InChI=1S/C10H8O2/c1-3-8-5-4-6-9-10(8)12-7(2)11-9/h1,4-7H,2H3. The summed E-state index contributed by atoms with van der Waals surface area (Å²) in [6.07, 6.45) is 5.06. The van der Waals surface area contributed by atoms with Crippen LogP contribution < -0.4 is 9.47 Å². The first kappa shape index (κ1) is 7.05. The van der Waals surface area contributed by atoms with E-state index < -0.39 is 0 Å². The van der Waals surface area contributed by atoms with Gasteiger partial charge in [-0.3, -0.25) is 0 Å². The van der Waals surface area contributed by atoms with Gasteiger partial charge >= 0.3 is 0 Å². The Morgan fingerprint density at radius 1 is 1.42 bits per heavy atom. The van der Waals surface area contributed by atoms with E-state index in [4.69, 9.17) is 15.9 Å².